The van der Waals surface area contributed by atoms with Gasteiger partial charge in [-0.1, -0.05) is 68.4 Å². The molecule has 134 valence electrons. The van der Waals surface area contributed by atoms with Gasteiger partial charge in [0.1, 0.15) is 0 Å². The van der Waals surface area contributed by atoms with Crippen LogP contribution < -0.4 is 0 Å². The minimum absolute atomic E-state index is 0.210. The highest BCUT2D eigenvalue weighted by Crippen LogP contribution is 2.32. The Hall–Kier alpha value is -2.53. The lowest BCUT2D eigenvalue weighted by molar-refractivity contribution is 0.128. The summed E-state index contributed by atoms with van der Waals surface area (Å²) in [7, 11) is 0. The number of aromatic nitrogens is 4. The van der Waals surface area contributed by atoms with Crippen molar-refractivity contribution in [2.75, 3.05) is 6.54 Å². The summed E-state index contributed by atoms with van der Waals surface area (Å²) in [5.74, 6) is 1.39. The summed E-state index contributed by atoms with van der Waals surface area (Å²) < 4.78 is 1.96. The van der Waals surface area contributed by atoms with Crippen molar-refractivity contribution < 1.29 is 0 Å². The number of hydrogen-bond acceptors (Lipinski definition) is 4. The van der Waals surface area contributed by atoms with E-state index in [2.05, 4.69) is 82.8 Å². The lowest BCUT2D eigenvalue weighted by atomic mass is 9.94. The van der Waals surface area contributed by atoms with Gasteiger partial charge in [-0.2, -0.15) is 0 Å². The first-order valence-corrected chi connectivity index (χ1v) is 9.33. The van der Waals surface area contributed by atoms with Crippen LogP contribution in [0.2, 0.25) is 0 Å². The van der Waals surface area contributed by atoms with Gasteiger partial charge in [-0.3, -0.25) is 4.90 Å². The predicted octanol–water partition coefficient (Wildman–Crippen LogP) is 3.48. The fraction of sp³-hybridized carbons (Fsp3) is 0.381. The molecular formula is C21H25N5. The molecule has 0 amide bonds. The second-order valence-corrected chi connectivity index (χ2v) is 7.36. The van der Waals surface area contributed by atoms with Crippen LogP contribution in [0, 0.1) is 5.92 Å². The molecule has 1 atom stereocenters. The Labute approximate surface area is 154 Å². The van der Waals surface area contributed by atoms with E-state index >= 15 is 0 Å². The molecule has 2 aromatic carbocycles. The van der Waals surface area contributed by atoms with Gasteiger partial charge in [0.25, 0.3) is 0 Å². The van der Waals surface area contributed by atoms with Gasteiger partial charge in [0.05, 0.1) is 12.6 Å². The minimum Gasteiger partial charge on any atom is -0.288 e. The van der Waals surface area contributed by atoms with E-state index < -0.39 is 0 Å². The first kappa shape index (κ1) is 16.9. The molecule has 2 heterocycles. The van der Waals surface area contributed by atoms with Gasteiger partial charge >= 0.3 is 0 Å². The second-order valence-electron chi connectivity index (χ2n) is 7.36. The average Bonchev–Trinajstić information content (AvgIpc) is 3.10. The van der Waals surface area contributed by atoms with Crippen molar-refractivity contribution in [3.63, 3.8) is 0 Å². The number of fused-ring (bicyclic) bond motifs is 1. The Kier molecular flexibility index (Phi) is 4.80. The maximum absolute atomic E-state index is 4.43. The SMILES string of the molecule is CC(C)[C@@H](c1nnnn1Cc1ccccc1)N1CCc2ccccc2C1. The summed E-state index contributed by atoms with van der Waals surface area (Å²) in [6.45, 7) is 7.21. The number of hydrogen-bond donors (Lipinski definition) is 0. The van der Waals surface area contributed by atoms with E-state index in [0.29, 0.717) is 12.5 Å². The minimum atomic E-state index is 0.210. The lowest BCUT2D eigenvalue weighted by Gasteiger charge is -2.37. The standard InChI is InChI=1S/C21H25N5/c1-16(2)20(25-13-12-18-10-6-7-11-19(18)15-25)21-22-23-24-26(21)14-17-8-4-3-5-9-17/h3-11,16,20H,12-15H2,1-2H3/t20-/m0/s1. The Morgan fingerprint density at radius 1 is 0.962 bits per heavy atom. The zero-order valence-electron chi connectivity index (χ0n) is 15.4. The smallest absolute Gasteiger partial charge is 0.169 e. The van der Waals surface area contributed by atoms with E-state index in [1.165, 1.54) is 16.7 Å². The van der Waals surface area contributed by atoms with Crippen molar-refractivity contribution in [2.24, 2.45) is 5.92 Å². The van der Waals surface area contributed by atoms with Crippen LogP contribution in [0.15, 0.2) is 54.6 Å². The van der Waals surface area contributed by atoms with Crippen molar-refractivity contribution in [3.05, 3.63) is 77.1 Å². The first-order valence-electron chi connectivity index (χ1n) is 9.33. The third-order valence-corrected chi connectivity index (χ3v) is 5.18. The van der Waals surface area contributed by atoms with Crippen LogP contribution in [0.4, 0.5) is 0 Å². The van der Waals surface area contributed by atoms with Gasteiger partial charge in [-0.25, -0.2) is 4.68 Å². The molecule has 0 saturated heterocycles. The molecule has 0 unspecified atom stereocenters. The zero-order valence-corrected chi connectivity index (χ0v) is 15.4. The largest absolute Gasteiger partial charge is 0.288 e. The molecule has 26 heavy (non-hydrogen) atoms. The van der Waals surface area contributed by atoms with E-state index in [9.17, 15) is 0 Å². The zero-order chi connectivity index (χ0) is 17.9. The molecule has 1 aromatic heterocycles. The van der Waals surface area contributed by atoms with Crippen LogP contribution in [-0.2, 0) is 19.5 Å². The van der Waals surface area contributed by atoms with Crippen LogP contribution >= 0.6 is 0 Å². The molecule has 3 aromatic rings. The molecule has 0 aliphatic carbocycles. The third-order valence-electron chi connectivity index (χ3n) is 5.18. The molecule has 5 nitrogen and oxygen atoms in total. The van der Waals surface area contributed by atoms with Crippen LogP contribution in [0.25, 0.3) is 0 Å². The van der Waals surface area contributed by atoms with E-state index in [0.717, 1.165) is 25.3 Å². The summed E-state index contributed by atoms with van der Waals surface area (Å²) in [5.41, 5.74) is 4.11. The van der Waals surface area contributed by atoms with Gasteiger partial charge in [-0.05, 0) is 39.5 Å². The highest BCUT2D eigenvalue weighted by atomic mass is 15.5. The highest BCUT2D eigenvalue weighted by Gasteiger charge is 2.31. The molecule has 0 bridgehead atoms. The van der Waals surface area contributed by atoms with Gasteiger partial charge in [0.15, 0.2) is 5.82 Å². The summed E-state index contributed by atoms with van der Waals surface area (Å²) >= 11 is 0. The quantitative estimate of drug-likeness (QED) is 0.709. The molecular weight excluding hydrogens is 322 g/mol. The van der Waals surface area contributed by atoms with Gasteiger partial charge in [-0.15, -0.1) is 5.10 Å². The summed E-state index contributed by atoms with van der Waals surface area (Å²) in [6, 6.07) is 19.3. The van der Waals surface area contributed by atoms with Crippen LogP contribution in [0.3, 0.4) is 0 Å². The molecule has 5 heteroatoms. The number of benzene rings is 2. The Bertz CT molecular complexity index is 856. The Morgan fingerprint density at radius 3 is 2.46 bits per heavy atom. The molecule has 4 rings (SSSR count). The van der Waals surface area contributed by atoms with Crippen LogP contribution in [-0.4, -0.2) is 31.7 Å². The normalized spacial score (nSPS) is 15.8. The fourth-order valence-corrected chi connectivity index (χ4v) is 3.93. The molecule has 1 aliphatic heterocycles. The van der Waals surface area contributed by atoms with Crippen molar-refractivity contribution in [2.45, 2.75) is 39.4 Å². The van der Waals surface area contributed by atoms with Gasteiger partial charge in [0.2, 0.25) is 0 Å². The molecule has 0 fully saturated rings. The van der Waals surface area contributed by atoms with Gasteiger partial charge in [0, 0.05) is 13.1 Å². The van der Waals surface area contributed by atoms with Crippen LogP contribution in [0.1, 0.15) is 42.4 Å². The summed E-state index contributed by atoms with van der Waals surface area (Å²) in [5, 5.41) is 12.7. The van der Waals surface area contributed by atoms with E-state index in [1.54, 1.807) is 0 Å². The van der Waals surface area contributed by atoms with E-state index in [4.69, 9.17) is 0 Å². The molecule has 1 aliphatic rings. The summed E-state index contributed by atoms with van der Waals surface area (Å²) in [4.78, 5) is 2.53. The van der Waals surface area contributed by atoms with Crippen LogP contribution in [0.5, 0.6) is 0 Å². The average molecular weight is 347 g/mol. The Morgan fingerprint density at radius 2 is 1.69 bits per heavy atom. The predicted molar refractivity (Wildman–Crippen MR) is 101 cm³/mol. The van der Waals surface area contributed by atoms with Crippen molar-refractivity contribution in [3.8, 4) is 0 Å². The maximum atomic E-state index is 4.43. The molecule has 0 N–H and O–H groups in total. The van der Waals surface area contributed by atoms with Crippen molar-refractivity contribution >= 4 is 0 Å². The van der Waals surface area contributed by atoms with Crippen molar-refractivity contribution in [1.29, 1.82) is 0 Å². The lowest BCUT2D eigenvalue weighted by Crippen LogP contribution is -2.38. The molecule has 0 saturated carbocycles. The maximum Gasteiger partial charge on any atom is 0.169 e. The number of nitrogens with zero attached hydrogens (tertiary/aromatic N) is 5. The molecule has 0 spiro atoms. The number of tetrazole rings is 1. The first-order chi connectivity index (χ1) is 12.7. The molecule has 0 radical (unpaired) electrons. The summed E-state index contributed by atoms with van der Waals surface area (Å²) in [6.07, 6.45) is 1.08. The Balaban J connectivity index is 1.61. The topological polar surface area (TPSA) is 46.8 Å². The highest BCUT2D eigenvalue weighted by molar-refractivity contribution is 5.29. The third kappa shape index (κ3) is 3.40. The van der Waals surface area contributed by atoms with Crippen molar-refractivity contribution in [1.82, 2.24) is 25.1 Å². The fourth-order valence-electron chi connectivity index (χ4n) is 3.93. The van der Waals surface area contributed by atoms with E-state index in [1.807, 2.05) is 10.7 Å². The number of rotatable bonds is 5. The van der Waals surface area contributed by atoms with Gasteiger partial charge < -0.3 is 0 Å². The monoisotopic (exact) mass is 347 g/mol. The van der Waals surface area contributed by atoms with E-state index in [-0.39, 0.29) is 6.04 Å². The second kappa shape index (κ2) is 7.38.